The van der Waals surface area contributed by atoms with Crippen LogP contribution in [0.1, 0.15) is 6.92 Å². The molecule has 0 fully saturated rings. The molecule has 0 aliphatic rings. The highest BCUT2D eigenvalue weighted by molar-refractivity contribution is 6.20. The van der Waals surface area contributed by atoms with E-state index in [0.29, 0.717) is 0 Å². The molecule has 0 aliphatic carbocycles. The van der Waals surface area contributed by atoms with Crippen LogP contribution in [-0.4, -0.2) is 16.8 Å². The first-order valence-electron chi connectivity index (χ1n) is 2.16. The van der Waals surface area contributed by atoms with E-state index in [4.69, 9.17) is 0 Å². The Balaban J connectivity index is 2.83. The van der Waals surface area contributed by atoms with Crippen LogP contribution in [-0.2, 0) is 0 Å². The largest absolute Gasteiger partial charge is 0.393 e. The first kappa shape index (κ1) is 5.76. The van der Waals surface area contributed by atoms with Crippen LogP contribution in [0, 0.1) is 0 Å². The standard InChI is InChI=1S/C4H11NSi/c1-3-5-4(2)6/h5H,2-3H2,1,6H3. The third-order valence-electron chi connectivity index (χ3n) is 0.479. The van der Waals surface area contributed by atoms with Crippen LogP contribution >= 0.6 is 0 Å². The van der Waals surface area contributed by atoms with Gasteiger partial charge in [0.05, 0.1) is 10.2 Å². The van der Waals surface area contributed by atoms with Crippen molar-refractivity contribution < 1.29 is 0 Å². The molecule has 0 aromatic heterocycles. The second-order valence-electron chi connectivity index (χ2n) is 1.31. The van der Waals surface area contributed by atoms with Crippen molar-refractivity contribution in [2.45, 2.75) is 6.92 Å². The van der Waals surface area contributed by atoms with Crippen LogP contribution in [0.15, 0.2) is 11.9 Å². The van der Waals surface area contributed by atoms with Gasteiger partial charge in [0.15, 0.2) is 0 Å². The summed E-state index contributed by atoms with van der Waals surface area (Å²) in [5.74, 6) is 0. The van der Waals surface area contributed by atoms with E-state index in [1.54, 1.807) is 0 Å². The fraction of sp³-hybridized carbons (Fsp3) is 0.500. The predicted molar refractivity (Wildman–Crippen MR) is 32.8 cm³/mol. The molecule has 0 bridgehead atoms. The molecular formula is C4H11NSi. The lowest BCUT2D eigenvalue weighted by atomic mass is 10.7. The minimum absolute atomic E-state index is 1.02. The summed E-state index contributed by atoms with van der Waals surface area (Å²) >= 11 is 0. The average Bonchev–Trinajstić information content (AvgIpc) is 1.35. The van der Waals surface area contributed by atoms with Crippen molar-refractivity contribution in [2.24, 2.45) is 0 Å². The number of hydrogen-bond acceptors (Lipinski definition) is 1. The van der Waals surface area contributed by atoms with Gasteiger partial charge in [0.25, 0.3) is 0 Å². The third kappa shape index (κ3) is 3.76. The molecule has 0 unspecified atom stereocenters. The molecule has 0 aliphatic heterocycles. The van der Waals surface area contributed by atoms with Gasteiger partial charge in [-0.2, -0.15) is 0 Å². The number of nitrogens with one attached hydrogen (secondary N) is 1. The van der Waals surface area contributed by atoms with Gasteiger partial charge < -0.3 is 5.32 Å². The summed E-state index contributed by atoms with van der Waals surface area (Å²) in [5, 5.41) is 4.25. The van der Waals surface area contributed by atoms with Crippen LogP contribution in [0.25, 0.3) is 0 Å². The van der Waals surface area contributed by atoms with Gasteiger partial charge in [-0.25, -0.2) is 0 Å². The van der Waals surface area contributed by atoms with Gasteiger partial charge in [0.2, 0.25) is 0 Å². The van der Waals surface area contributed by atoms with E-state index < -0.39 is 0 Å². The van der Waals surface area contributed by atoms with Gasteiger partial charge in [0.1, 0.15) is 0 Å². The third-order valence-corrected chi connectivity index (χ3v) is 0.832. The number of hydrogen-bond donors (Lipinski definition) is 1. The lowest BCUT2D eigenvalue weighted by molar-refractivity contribution is 0.905. The molecule has 1 nitrogen and oxygen atoms in total. The molecule has 0 aromatic rings. The van der Waals surface area contributed by atoms with E-state index in [0.717, 1.165) is 16.8 Å². The van der Waals surface area contributed by atoms with Gasteiger partial charge in [0, 0.05) is 6.54 Å². The fourth-order valence-electron chi connectivity index (χ4n) is 0.302. The normalized spacial score (nSPS) is 8.17. The van der Waals surface area contributed by atoms with E-state index in [1.807, 2.05) is 0 Å². The molecule has 0 atom stereocenters. The highest BCUT2D eigenvalue weighted by Crippen LogP contribution is 1.65. The predicted octanol–water partition coefficient (Wildman–Crippen LogP) is -0.568. The molecule has 2 heteroatoms. The molecule has 0 rings (SSSR count). The Bertz CT molecular complexity index is 51.5. The van der Waals surface area contributed by atoms with Crippen LogP contribution in [0.4, 0.5) is 0 Å². The van der Waals surface area contributed by atoms with Crippen molar-refractivity contribution in [1.29, 1.82) is 0 Å². The lowest BCUT2D eigenvalue weighted by Gasteiger charge is -1.95. The Morgan fingerprint density at radius 1 is 2.00 bits per heavy atom. The topological polar surface area (TPSA) is 12.0 Å². The van der Waals surface area contributed by atoms with Crippen LogP contribution in [0.2, 0.25) is 0 Å². The SMILES string of the molecule is C=C([SiH3])NCC. The van der Waals surface area contributed by atoms with Crippen molar-refractivity contribution in [3.05, 3.63) is 11.9 Å². The minimum Gasteiger partial charge on any atom is -0.393 e. The van der Waals surface area contributed by atoms with Gasteiger partial charge in [-0.05, 0) is 12.2 Å². The lowest BCUT2D eigenvalue weighted by Crippen LogP contribution is -2.09. The van der Waals surface area contributed by atoms with Crippen molar-refractivity contribution >= 4 is 10.2 Å². The van der Waals surface area contributed by atoms with Crippen molar-refractivity contribution in [2.75, 3.05) is 6.54 Å². The summed E-state index contributed by atoms with van der Waals surface area (Å²) in [6, 6.07) is 0. The zero-order valence-corrected chi connectivity index (χ0v) is 6.41. The molecule has 6 heavy (non-hydrogen) atoms. The van der Waals surface area contributed by atoms with E-state index >= 15 is 0 Å². The molecule has 0 spiro atoms. The smallest absolute Gasteiger partial charge is 0.0579 e. The Morgan fingerprint density at radius 3 is 2.50 bits per heavy atom. The second kappa shape index (κ2) is 2.97. The number of rotatable bonds is 2. The molecule has 36 valence electrons. The Kier molecular flexibility index (Phi) is 2.85. The molecule has 0 aromatic carbocycles. The maximum atomic E-state index is 3.70. The Hall–Kier alpha value is -0.243. The van der Waals surface area contributed by atoms with E-state index in [9.17, 15) is 0 Å². The summed E-state index contributed by atoms with van der Waals surface area (Å²) in [7, 11) is 1.07. The zero-order chi connectivity index (χ0) is 4.99. The monoisotopic (exact) mass is 101 g/mol. The maximum Gasteiger partial charge on any atom is 0.0579 e. The first-order valence-corrected chi connectivity index (χ1v) is 3.16. The minimum atomic E-state index is 1.02. The van der Waals surface area contributed by atoms with Gasteiger partial charge in [-0.15, -0.1) is 0 Å². The molecule has 0 saturated heterocycles. The molecule has 0 amide bonds. The Labute approximate surface area is 41.9 Å². The molecule has 0 radical (unpaired) electrons. The second-order valence-corrected chi connectivity index (χ2v) is 2.52. The fourth-order valence-corrected chi connectivity index (χ4v) is 0.655. The summed E-state index contributed by atoms with van der Waals surface area (Å²) < 4.78 is 0. The van der Waals surface area contributed by atoms with E-state index in [1.165, 1.54) is 5.32 Å². The molecule has 0 saturated carbocycles. The van der Waals surface area contributed by atoms with E-state index in [2.05, 4.69) is 18.8 Å². The zero-order valence-electron chi connectivity index (χ0n) is 4.41. The summed E-state index contributed by atoms with van der Waals surface area (Å²) in [4.78, 5) is 0. The van der Waals surface area contributed by atoms with Gasteiger partial charge >= 0.3 is 0 Å². The molecular weight excluding hydrogens is 90.1 g/mol. The van der Waals surface area contributed by atoms with Gasteiger partial charge in [-0.3, -0.25) is 0 Å². The van der Waals surface area contributed by atoms with Crippen LogP contribution < -0.4 is 5.32 Å². The summed E-state index contributed by atoms with van der Waals surface area (Å²) in [6.07, 6.45) is 0. The summed E-state index contributed by atoms with van der Waals surface area (Å²) in [5.41, 5.74) is 0. The van der Waals surface area contributed by atoms with Crippen LogP contribution in [0.3, 0.4) is 0 Å². The van der Waals surface area contributed by atoms with Crippen molar-refractivity contribution in [1.82, 2.24) is 5.32 Å². The Morgan fingerprint density at radius 2 is 2.50 bits per heavy atom. The van der Waals surface area contributed by atoms with E-state index in [-0.39, 0.29) is 0 Å². The maximum absolute atomic E-state index is 3.70. The van der Waals surface area contributed by atoms with Crippen molar-refractivity contribution in [3.8, 4) is 0 Å². The average molecular weight is 101 g/mol. The first-order chi connectivity index (χ1) is 2.77. The highest BCUT2D eigenvalue weighted by Gasteiger charge is 1.70. The van der Waals surface area contributed by atoms with Gasteiger partial charge in [-0.1, -0.05) is 6.58 Å². The van der Waals surface area contributed by atoms with Crippen molar-refractivity contribution in [3.63, 3.8) is 0 Å². The summed E-state index contributed by atoms with van der Waals surface area (Å²) in [6.45, 7) is 6.78. The molecule has 0 heterocycles. The highest BCUT2D eigenvalue weighted by atomic mass is 28.1. The van der Waals surface area contributed by atoms with Crippen LogP contribution in [0.5, 0.6) is 0 Å². The quantitative estimate of drug-likeness (QED) is 0.459. The molecule has 1 N–H and O–H groups in total.